The van der Waals surface area contributed by atoms with Gasteiger partial charge in [0.2, 0.25) is 0 Å². The summed E-state index contributed by atoms with van der Waals surface area (Å²) in [6.45, 7) is 1.94. The average molecular weight is 346 g/mol. The molecule has 0 radical (unpaired) electrons. The number of benzene rings is 3. The highest BCUT2D eigenvalue weighted by Gasteiger charge is 2.39. The molecular formula is C22H22N2O2. The summed E-state index contributed by atoms with van der Waals surface area (Å²) in [5.41, 5.74) is 5.94. The molecule has 3 aromatic rings. The number of amides is 1. The van der Waals surface area contributed by atoms with E-state index >= 15 is 0 Å². The van der Waals surface area contributed by atoms with E-state index in [1.807, 2.05) is 49.4 Å². The van der Waals surface area contributed by atoms with Gasteiger partial charge in [-0.1, -0.05) is 91.0 Å². The summed E-state index contributed by atoms with van der Waals surface area (Å²) in [4.78, 5) is 13.0. The van der Waals surface area contributed by atoms with Gasteiger partial charge in [-0.3, -0.25) is 10.2 Å². The summed E-state index contributed by atoms with van der Waals surface area (Å²) in [5, 5.41) is 11.4. The van der Waals surface area contributed by atoms with E-state index in [0.29, 0.717) is 11.1 Å². The summed E-state index contributed by atoms with van der Waals surface area (Å²) >= 11 is 0. The summed E-state index contributed by atoms with van der Waals surface area (Å²) in [5.74, 6) is -0.530. The summed E-state index contributed by atoms with van der Waals surface area (Å²) in [7, 11) is 0. The molecule has 0 spiro atoms. The van der Waals surface area contributed by atoms with Crippen LogP contribution < -0.4 is 10.9 Å². The van der Waals surface area contributed by atoms with Crippen molar-refractivity contribution in [2.75, 3.05) is 0 Å². The van der Waals surface area contributed by atoms with Crippen molar-refractivity contribution in [1.82, 2.24) is 10.9 Å². The van der Waals surface area contributed by atoms with Crippen LogP contribution in [-0.4, -0.2) is 11.0 Å². The topological polar surface area (TPSA) is 61.4 Å². The van der Waals surface area contributed by atoms with Crippen LogP contribution in [0.3, 0.4) is 0 Å². The van der Waals surface area contributed by atoms with Gasteiger partial charge in [-0.15, -0.1) is 0 Å². The molecule has 1 atom stereocenters. The fourth-order valence-electron chi connectivity index (χ4n) is 2.88. The Balaban J connectivity index is 1.85. The summed E-state index contributed by atoms with van der Waals surface area (Å²) in [6.07, 6.45) is 0. The Morgan fingerprint density at radius 2 is 1.23 bits per heavy atom. The number of hydrogen-bond acceptors (Lipinski definition) is 3. The fraction of sp³-hybridized carbons (Fsp3) is 0.136. The van der Waals surface area contributed by atoms with E-state index in [9.17, 15) is 9.90 Å². The molecule has 0 aromatic heterocycles. The normalized spacial score (nSPS) is 12.4. The number of carbonyl (C=O) groups excluding carboxylic acids is 1. The standard InChI is InChI=1S/C22H22N2O2/c1-17(18-11-5-2-6-12-18)23-24-21(25)22(26,19-13-7-3-8-14-19)20-15-9-4-10-16-20/h2-17,23,26H,1H3,(H,24,25)/t17-/m0/s1. The highest BCUT2D eigenvalue weighted by Crippen LogP contribution is 2.29. The Morgan fingerprint density at radius 3 is 1.69 bits per heavy atom. The Morgan fingerprint density at radius 1 is 0.808 bits per heavy atom. The minimum absolute atomic E-state index is 0.101. The zero-order valence-electron chi connectivity index (χ0n) is 14.6. The van der Waals surface area contributed by atoms with E-state index in [4.69, 9.17) is 0 Å². The Labute approximate surface area is 153 Å². The molecule has 1 amide bonds. The van der Waals surface area contributed by atoms with Gasteiger partial charge in [-0.25, -0.2) is 5.43 Å². The maximum absolute atomic E-state index is 13.0. The highest BCUT2D eigenvalue weighted by atomic mass is 16.3. The minimum atomic E-state index is -1.79. The first-order valence-corrected chi connectivity index (χ1v) is 8.56. The van der Waals surface area contributed by atoms with Gasteiger partial charge in [0.05, 0.1) is 0 Å². The van der Waals surface area contributed by atoms with Gasteiger partial charge in [0, 0.05) is 6.04 Å². The lowest BCUT2D eigenvalue weighted by Gasteiger charge is -2.29. The lowest BCUT2D eigenvalue weighted by molar-refractivity contribution is -0.138. The molecule has 0 unspecified atom stereocenters. The SMILES string of the molecule is C[C@H](NNC(=O)C(O)(c1ccccc1)c1ccccc1)c1ccccc1. The van der Waals surface area contributed by atoms with Gasteiger partial charge in [-0.05, 0) is 23.6 Å². The predicted molar refractivity (Wildman–Crippen MR) is 102 cm³/mol. The molecule has 3 N–H and O–H groups in total. The van der Waals surface area contributed by atoms with Crippen LogP contribution in [0.4, 0.5) is 0 Å². The van der Waals surface area contributed by atoms with Crippen LogP contribution in [0.1, 0.15) is 29.7 Å². The highest BCUT2D eigenvalue weighted by molar-refractivity contribution is 5.89. The lowest BCUT2D eigenvalue weighted by atomic mass is 9.85. The molecule has 0 saturated carbocycles. The second-order valence-electron chi connectivity index (χ2n) is 6.17. The van der Waals surface area contributed by atoms with Gasteiger partial charge < -0.3 is 5.11 Å². The van der Waals surface area contributed by atoms with E-state index in [-0.39, 0.29) is 6.04 Å². The van der Waals surface area contributed by atoms with Crippen molar-refractivity contribution in [1.29, 1.82) is 0 Å². The largest absolute Gasteiger partial charge is 0.372 e. The molecule has 0 fully saturated rings. The molecule has 3 rings (SSSR count). The molecule has 0 aliphatic rings. The number of hydrogen-bond donors (Lipinski definition) is 3. The monoisotopic (exact) mass is 346 g/mol. The van der Waals surface area contributed by atoms with Crippen LogP contribution >= 0.6 is 0 Å². The molecule has 0 heterocycles. The van der Waals surface area contributed by atoms with Crippen molar-refractivity contribution in [2.24, 2.45) is 0 Å². The molecule has 0 aliphatic carbocycles. The van der Waals surface area contributed by atoms with Gasteiger partial charge >= 0.3 is 0 Å². The zero-order chi connectivity index (χ0) is 18.4. The molecule has 4 heteroatoms. The van der Waals surface area contributed by atoms with E-state index in [2.05, 4.69) is 10.9 Å². The smallest absolute Gasteiger partial charge is 0.275 e. The van der Waals surface area contributed by atoms with Crippen LogP contribution in [0.5, 0.6) is 0 Å². The number of rotatable bonds is 6. The van der Waals surface area contributed by atoms with Gasteiger partial charge in [0.15, 0.2) is 5.60 Å². The average Bonchev–Trinajstić information content (AvgIpc) is 2.73. The Bertz CT molecular complexity index is 796. The molecule has 132 valence electrons. The first-order chi connectivity index (χ1) is 12.6. The van der Waals surface area contributed by atoms with E-state index < -0.39 is 11.5 Å². The maximum atomic E-state index is 13.0. The second kappa shape index (κ2) is 7.95. The predicted octanol–water partition coefficient (Wildman–Crippen LogP) is 3.30. The second-order valence-corrected chi connectivity index (χ2v) is 6.17. The first-order valence-electron chi connectivity index (χ1n) is 8.56. The number of aliphatic hydroxyl groups is 1. The summed E-state index contributed by atoms with van der Waals surface area (Å²) in [6, 6.07) is 27.6. The van der Waals surface area contributed by atoms with Crippen molar-refractivity contribution in [2.45, 2.75) is 18.6 Å². The van der Waals surface area contributed by atoms with Crippen molar-refractivity contribution in [3.8, 4) is 0 Å². The van der Waals surface area contributed by atoms with Crippen molar-refractivity contribution in [3.63, 3.8) is 0 Å². The van der Waals surface area contributed by atoms with Crippen molar-refractivity contribution in [3.05, 3.63) is 108 Å². The zero-order valence-corrected chi connectivity index (χ0v) is 14.6. The quantitative estimate of drug-likeness (QED) is 0.600. The number of nitrogens with one attached hydrogen (secondary N) is 2. The number of carbonyl (C=O) groups is 1. The van der Waals surface area contributed by atoms with Crippen LogP contribution in [0.25, 0.3) is 0 Å². The van der Waals surface area contributed by atoms with Crippen LogP contribution in [0.2, 0.25) is 0 Å². The van der Waals surface area contributed by atoms with E-state index in [1.165, 1.54) is 0 Å². The van der Waals surface area contributed by atoms with Gasteiger partial charge in [0.25, 0.3) is 5.91 Å². The third kappa shape index (κ3) is 3.67. The third-order valence-corrected chi connectivity index (χ3v) is 4.41. The molecule has 26 heavy (non-hydrogen) atoms. The lowest BCUT2D eigenvalue weighted by Crippen LogP contribution is -2.51. The number of hydrazine groups is 1. The van der Waals surface area contributed by atoms with Crippen molar-refractivity contribution >= 4 is 5.91 Å². The fourth-order valence-corrected chi connectivity index (χ4v) is 2.88. The van der Waals surface area contributed by atoms with Gasteiger partial charge in [0.1, 0.15) is 0 Å². The van der Waals surface area contributed by atoms with E-state index in [1.54, 1.807) is 48.5 Å². The Hall–Kier alpha value is -2.95. The van der Waals surface area contributed by atoms with Crippen LogP contribution in [-0.2, 0) is 10.4 Å². The molecule has 0 saturated heterocycles. The molecule has 3 aromatic carbocycles. The van der Waals surface area contributed by atoms with E-state index in [0.717, 1.165) is 5.56 Å². The molecule has 0 bridgehead atoms. The Kier molecular flexibility index (Phi) is 5.46. The minimum Gasteiger partial charge on any atom is -0.372 e. The molecular weight excluding hydrogens is 324 g/mol. The van der Waals surface area contributed by atoms with Crippen molar-refractivity contribution < 1.29 is 9.90 Å². The van der Waals surface area contributed by atoms with Gasteiger partial charge in [-0.2, -0.15) is 0 Å². The first kappa shape index (κ1) is 17.9. The third-order valence-electron chi connectivity index (χ3n) is 4.41. The molecule has 4 nitrogen and oxygen atoms in total. The summed E-state index contributed by atoms with van der Waals surface area (Å²) < 4.78 is 0. The van der Waals surface area contributed by atoms with Crippen LogP contribution in [0, 0.1) is 0 Å². The maximum Gasteiger partial charge on any atom is 0.275 e. The van der Waals surface area contributed by atoms with Crippen LogP contribution in [0.15, 0.2) is 91.0 Å². The molecule has 0 aliphatic heterocycles.